The van der Waals surface area contributed by atoms with Crippen LogP contribution >= 0.6 is 0 Å². The van der Waals surface area contributed by atoms with Crippen molar-refractivity contribution in [3.63, 3.8) is 0 Å². The summed E-state index contributed by atoms with van der Waals surface area (Å²) in [6.45, 7) is 1.61. The van der Waals surface area contributed by atoms with E-state index >= 15 is 0 Å². The van der Waals surface area contributed by atoms with Gasteiger partial charge in [-0.15, -0.1) is 0 Å². The van der Waals surface area contributed by atoms with Crippen molar-refractivity contribution >= 4 is 11.0 Å². The predicted octanol–water partition coefficient (Wildman–Crippen LogP) is 0.691. The molecule has 3 atom stereocenters. The van der Waals surface area contributed by atoms with E-state index in [2.05, 4.69) is 4.98 Å². The summed E-state index contributed by atoms with van der Waals surface area (Å²) in [5, 5.41) is 28.5. The molecule has 0 bridgehead atoms. The number of phenolic OH excluding ortho intramolecular Hbond substituents is 1. The number of nitrogens with zero attached hydrogens (tertiary/aromatic N) is 2. The van der Waals surface area contributed by atoms with E-state index < -0.39 is 12.2 Å². The number of aryl methyl sites for hydroxylation is 1. The average molecular weight is 264 g/mol. The number of rotatable bonds is 2. The first-order chi connectivity index (χ1) is 9.10. The fourth-order valence-electron chi connectivity index (χ4n) is 2.45. The first-order valence-electron chi connectivity index (χ1n) is 6.20. The molecule has 3 N–H and O–H groups in total. The van der Waals surface area contributed by atoms with Crippen LogP contribution in [0, 0.1) is 6.92 Å². The van der Waals surface area contributed by atoms with Crippen LogP contribution in [0.4, 0.5) is 0 Å². The van der Waals surface area contributed by atoms with E-state index in [0.29, 0.717) is 11.9 Å². The Morgan fingerprint density at radius 1 is 1.47 bits per heavy atom. The second kappa shape index (κ2) is 4.48. The maximum atomic E-state index is 9.77. The van der Waals surface area contributed by atoms with Crippen molar-refractivity contribution in [2.75, 3.05) is 6.61 Å². The molecule has 1 aromatic heterocycles. The minimum Gasteiger partial charge on any atom is -0.508 e. The lowest BCUT2D eigenvalue weighted by atomic mass is 10.2. The highest BCUT2D eigenvalue weighted by molar-refractivity contribution is 5.78. The molecule has 6 heteroatoms. The summed E-state index contributed by atoms with van der Waals surface area (Å²) in [5.41, 5.74) is 2.27. The fourth-order valence-corrected chi connectivity index (χ4v) is 2.45. The van der Waals surface area contributed by atoms with Gasteiger partial charge in [-0.25, -0.2) is 4.98 Å². The van der Waals surface area contributed by atoms with E-state index in [1.165, 1.54) is 0 Å². The molecule has 2 aromatic rings. The van der Waals surface area contributed by atoms with Gasteiger partial charge in [0.2, 0.25) is 0 Å². The van der Waals surface area contributed by atoms with E-state index in [9.17, 15) is 10.2 Å². The number of imidazole rings is 1. The molecule has 3 rings (SSSR count). The number of ether oxygens (including phenoxy) is 1. The molecule has 0 spiro atoms. The highest BCUT2D eigenvalue weighted by atomic mass is 16.5. The molecule has 0 aliphatic carbocycles. The Hall–Kier alpha value is -1.63. The number of hydrogen-bond donors (Lipinski definition) is 3. The Bertz CT molecular complexity index is 610. The van der Waals surface area contributed by atoms with Crippen LogP contribution in [0.5, 0.6) is 5.75 Å². The van der Waals surface area contributed by atoms with Gasteiger partial charge in [-0.1, -0.05) is 0 Å². The molecule has 0 amide bonds. The number of aromatic nitrogens is 2. The number of fused-ring (bicyclic) bond motifs is 1. The molecular formula is C13H16N2O4. The summed E-state index contributed by atoms with van der Waals surface area (Å²) >= 11 is 0. The van der Waals surface area contributed by atoms with Crippen LogP contribution in [0.25, 0.3) is 11.0 Å². The lowest BCUT2D eigenvalue weighted by Crippen LogP contribution is -2.24. The summed E-state index contributed by atoms with van der Waals surface area (Å²) in [7, 11) is 0. The number of aliphatic hydroxyl groups is 2. The molecule has 1 saturated heterocycles. The molecule has 1 fully saturated rings. The van der Waals surface area contributed by atoms with Crippen molar-refractivity contribution in [3.05, 3.63) is 24.0 Å². The molecule has 1 unspecified atom stereocenters. The van der Waals surface area contributed by atoms with Gasteiger partial charge in [0, 0.05) is 12.5 Å². The van der Waals surface area contributed by atoms with Crippen LogP contribution in [-0.2, 0) is 4.74 Å². The smallest absolute Gasteiger partial charge is 0.138 e. The normalized spacial score (nSPS) is 27.2. The van der Waals surface area contributed by atoms with E-state index in [1.54, 1.807) is 12.4 Å². The monoisotopic (exact) mass is 264 g/mol. The van der Waals surface area contributed by atoms with Gasteiger partial charge in [-0.3, -0.25) is 0 Å². The zero-order chi connectivity index (χ0) is 13.6. The summed E-state index contributed by atoms with van der Waals surface area (Å²) in [5.74, 6) is 0.207. The van der Waals surface area contributed by atoms with Gasteiger partial charge in [0.1, 0.15) is 18.1 Å². The molecule has 1 aliphatic rings. The van der Waals surface area contributed by atoms with E-state index in [4.69, 9.17) is 9.84 Å². The van der Waals surface area contributed by atoms with Crippen molar-refractivity contribution in [2.45, 2.75) is 31.8 Å². The van der Waals surface area contributed by atoms with Crippen LogP contribution in [-0.4, -0.2) is 43.7 Å². The SMILES string of the molecule is Cc1cc2c(cc1O)ncn2[C@H]1CC(O)[C@@H](CO)O1. The van der Waals surface area contributed by atoms with E-state index in [0.717, 1.165) is 11.1 Å². The molecule has 6 nitrogen and oxygen atoms in total. The Morgan fingerprint density at radius 2 is 2.26 bits per heavy atom. The van der Waals surface area contributed by atoms with Crippen LogP contribution in [0.3, 0.4) is 0 Å². The fraction of sp³-hybridized carbons (Fsp3) is 0.462. The summed E-state index contributed by atoms with van der Waals surface area (Å²) in [6.07, 6.45) is 0.463. The standard InChI is InChI=1S/C13H16N2O4/c1-7-2-9-8(3-10(7)17)14-6-15(9)13-4-11(18)12(5-16)19-13/h2-3,6,11-13,16-18H,4-5H2,1H3/t11?,12-,13-/m1/s1. The number of aliphatic hydroxyl groups excluding tert-OH is 2. The predicted molar refractivity (Wildman–Crippen MR) is 67.8 cm³/mol. The van der Waals surface area contributed by atoms with Gasteiger partial charge < -0.3 is 24.6 Å². The Kier molecular flexibility index (Phi) is 2.93. The lowest BCUT2D eigenvalue weighted by molar-refractivity contribution is -0.0430. The molecule has 1 aromatic carbocycles. The highest BCUT2D eigenvalue weighted by Gasteiger charge is 2.34. The van der Waals surface area contributed by atoms with Crippen molar-refractivity contribution < 1.29 is 20.1 Å². The largest absolute Gasteiger partial charge is 0.508 e. The first kappa shape index (κ1) is 12.4. The topological polar surface area (TPSA) is 87.7 Å². The second-order valence-corrected chi connectivity index (χ2v) is 4.89. The summed E-state index contributed by atoms with van der Waals surface area (Å²) in [4.78, 5) is 4.22. The van der Waals surface area contributed by atoms with Crippen LogP contribution in [0.1, 0.15) is 18.2 Å². The van der Waals surface area contributed by atoms with Crippen molar-refractivity contribution in [2.24, 2.45) is 0 Å². The number of benzene rings is 1. The van der Waals surface area contributed by atoms with E-state index in [-0.39, 0.29) is 18.6 Å². The van der Waals surface area contributed by atoms with Crippen LogP contribution in [0.15, 0.2) is 18.5 Å². The zero-order valence-corrected chi connectivity index (χ0v) is 10.5. The maximum Gasteiger partial charge on any atom is 0.138 e. The number of hydrogen-bond acceptors (Lipinski definition) is 5. The number of aromatic hydroxyl groups is 1. The third-order valence-corrected chi connectivity index (χ3v) is 3.59. The lowest BCUT2D eigenvalue weighted by Gasteiger charge is -2.14. The van der Waals surface area contributed by atoms with Crippen LogP contribution in [0.2, 0.25) is 0 Å². The third-order valence-electron chi connectivity index (χ3n) is 3.59. The van der Waals surface area contributed by atoms with Crippen molar-refractivity contribution in [1.29, 1.82) is 0 Å². The summed E-state index contributed by atoms with van der Waals surface area (Å²) < 4.78 is 7.43. The second-order valence-electron chi connectivity index (χ2n) is 4.89. The minimum absolute atomic E-state index is 0.204. The third kappa shape index (κ3) is 1.98. The molecule has 2 heterocycles. The minimum atomic E-state index is -0.675. The highest BCUT2D eigenvalue weighted by Crippen LogP contribution is 2.32. The molecule has 1 aliphatic heterocycles. The van der Waals surface area contributed by atoms with Crippen molar-refractivity contribution in [3.8, 4) is 5.75 Å². The number of phenols is 1. The average Bonchev–Trinajstić information content (AvgIpc) is 2.93. The van der Waals surface area contributed by atoms with Crippen molar-refractivity contribution in [1.82, 2.24) is 9.55 Å². The molecule has 0 radical (unpaired) electrons. The van der Waals surface area contributed by atoms with Gasteiger partial charge in [0.25, 0.3) is 0 Å². The molecule has 102 valence electrons. The van der Waals surface area contributed by atoms with Gasteiger partial charge in [0.05, 0.1) is 30.1 Å². The quantitative estimate of drug-likeness (QED) is 0.743. The van der Waals surface area contributed by atoms with Gasteiger partial charge >= 0.3 is 0 Å². The van der Waals surface area contributed by atoms with Crippen LogP contribution < -0.4 is 0 Å². The molecule has 19 heavy (non-hydrogen) atoms. The molecule has 0 saturated carbocycles. The Labute approximate surface area is 109 Å². The van der Waals surface area contributed by atoms with Gasteiger partial charge in [-0.05, 0) is 18.6 Å². The van der Waals surface area contributed by atoms with Gasteiger partial charge in [0.15, 0.2) is 0 Å². The Morgan fingerprint density at radius 3 is 2.95 bits per heavy atom. The molecular weight excluding hydrogens is 248 g/mol. The van der Waals surface area contributed by atoms with E-state index in [1.807, 2.05) is 17.6 Å². The van der Waals surface area contributed by atoms with Gasteiger partial charge in [-0.2, -0.15) is 0 Å². The first-order valence-corrected chi connectivity index (χ1v) is 6.20. The zero-order valence-electron chi connectivity index (χ0n) is 10.5. The Balaban J connectivity index is 2.00. The summed E-state index contributed by atoms with van der Waals surface area (Å²) in [6, 6.07) is 3.44. The maximum absolute atomic E-state index is 9.77.